The molecule has 2 aliphatic heterocycles. The van der Waals surface area contributed by atoms with Gasteiger partial charge in [0.1, 0.15) is 5.60 Å². The molecule has 21 heavy (non-hydrogen) atoms. The molecule has 114 valence electrons. The van der Waals surface area contributed by atoms with Gasteiger partial charge in [-0.2, -0.15) is 0 Å². The average Bonchev–Trinajstić information content (AvgIpc) is 2.73. The molecule has 0 aromatic heterocycles. The Kier molecular flexibility index (Phi) is 3.44. The number of amides is 1. The summed E-state index contributed by atoms with van der Waals surface area (Å²) in [7, 11) is 0. The molecule has 0 unspecified atom stereocenters. The number of benzene rings is 1. The van der Waals surface area contributed by atoms with Crippen LogP contribution in [0.25, 0.3) is 0 Å². The SMILES string of the molecule is CC(C)(C)OC(=O)N1Cc2ccccc2C12CCNCC2. The molecule has 1 spiro atoms. The minimum atomic E-state index is -0.458. The highest BCUT2D eigenvalue weighted by atomic mass is 16.6. The summed E-state index contributed by atoms with van der Waals surface area (Å²) in [5.74, 6) is 0. The van der Waals surface area contributed by atoms with Crippen LogP contribution in [0.3, 0.4) is 0 Å². The first-order valence-corrected chi connectivity index (χ1v) is 7.72. The zero-order valence-corrected chi connectivity index (χ0v) is 13.1. The molecule has 0 aliphatic carbocycles. The largest absolute Gasteiger partial charge is 0.444 e. The van der Waals surface area contributed by atoms with Gasteiger partial charge < -0.3 is 10.1 Å². The number of carbonyl (C=O) groups excluding carboxylic acids is 1. The summed E-state index contributed by atoms with van der Waals surface area (Å²) in [5.41, 5.74) is 1.91. The van der Waals surface area contributed by atoms with Crippen molar-refractivity contribution in [2.24, 2.45) is 0 Å². The summed E-state index contributed by atoms with van der Waals surface area (Å²) in [6, 6.07) is 8.42. The van der Waals surface area contributed by atoms with Crippen LogP contribution in [0.4, 0.5) is 4.79 Å². The predicted octanol–water partition coefficient (Wildman–Crippen LogP) is 3.02. The van der Waals surface area contributed by atoms with Crippen molar-refractivity contribution in [3.8, 4) is 0 Å². The van der Waals surface area contributed by atoms with Gasteiger partial charge in [-0.3, -0.25) is 4.90 Å². The summed E-state index contributed by atoms with van der Waals surface area (Å²) in [6.45, 7) is 8.29. The van der Waals surface area contributed by atoms with Crippen molar-refractivity contribution < 1.29 is 9.53 Å². The van der Waals surface area contributed by atoms with E-state index in [1.165, 1.54) is 11.1 Å². The molecule has 0 bridgehead atoms. The normalized spacial score (nSPS) is 20.4. The van der Waals surface area contributed by atoms with Crippen molar-refractivity contribution in [2.75, 3.05) is 13.1 Å². The summed E-state index contributed by atoms with van der Waals surface area (Å²) in [4.78, 5) is 14.6. The smallest absolute Gasteiger partial charge is 0.411 e. The number of carbonyl (C=O) groups is 1. The highest BCUT2D eigenvalue weighted by Crippen LogP contribution is 2.45. The lowest BCUT2D eigenvalue weighted by Gasteiger charge is -2.42. The third-order valence-electron chi connectivity index (χ3n) is 4.41. The topological polar surface area (TPSA) is 41.6 Å². The molecule has 2 aliphatic rings. The average molecular weight is 288 g/mol. The first-order valence-electron chi connectivity index (χ1n) is 7.72. The van der Waals surface area contributed by atoms with Crippen LogP contribution in [0.1, 0.15) is 44.7 Å². The van der Waals surface area contributed by atoms with E-state index >= 15 is 0 Å². The van der Waals surface area contributed by atoms with Gasteiger partial charge in [0.05, 0.1) is 12.1 Å². The van der Waals surface area contributed by atoms with Crippen molar-refractivity contribution in [2.45, 2.75) is 51.3 Å². The molecule has 1 saturated heterocycles. The Hall–Kier alpha value is -1.55. The van der Waals surface area contributed by atoms with Crippen LogP contribution in [0.15, 0.2) is 24.3 Å². The van der Waals surface area contributed by atoms with Gasteiger partial charge in [-0.25, -0.2) is 4.79 Å². The third-order valence-corrected chi connectivity index (χ3v) is 4.41. The van der Waals surface area contributed by atoms with Gasteiger partial charge in [-0.05, 0) is 57.8 Å². The van der Waals surface area contributed by atoms with Gasteiger partial charge in [0, 0.05) is 0 Å². The molecule has 2 heterocycles. The van der Waals surface area contributed by atoms with Crippen LogP contribution in [0.2, 0.25) is 0 Å². The maximum absolute atomic E-state index is 12.7. The first-order chi connectivity index (χ1) is 9.92. The third kappa shape index (κ3) is 2.53. The van der Waals surface area contributed by atoms with E-state index in [4.69, 9.17) is 4.74 Å². The predicted molar refractivity (Wildman–Crippen MR) is 82.0 cm³/mol. The van der Waals surface area contributed by atoms with E-state index in [-0.39, 0.29) is 11.6 Å². The number of fused-ring (bicyclic) bond motifs is 2. The van der Waals surface area contributed by atoms with Gasteiger partial charge >= 0.3 is 6.09 Å². The Bertz CT molecular complexity index is 542. The highest BCUT2D eigenvalue weighted by Gasteiger charge is 2.48. The van der Waals surface area contributed by atoms with Crippen LogP contribution in [0, 0.1) is 0 Å². The Balaban J connectivity index is 1.96. The summed E-state index contributed by atoms with van der Waals surface area (Å²) >= 11 is 0. The van der Waals surface area contributed by atoms with E-state index in [2.05, 4.69) is 23.5 Å². The lowest BCUT2D eigenvalue weighted by Crippen LogP contribution is -2.52. The molecule has 0 saturated carbocycles. The van der Waals surface area contributed by atoms with E-state index < -0.39 is 5.60 Å². The van der Waals surface area contributed by atoms with E-state index in [0.29, 0.717) is 6.54 Å². The van der Waals surface area contributed by atoms with E-state index in [0.717, 1.165) is 25.9 Å². The number of piperidine rings is 1. The molecule has 1 amide bonds. The van der Waals surface area contributed by atoms with Gasteiger partial charge in [0.25, 0.3) is 0 Å². The minimum Gasteiger partial charge on any atom is -0.444 e. The number of nitrogens with one attached hydrogen (secondary N) is 1. The molecule has 4 nitrogen and oxygen atoms in total. The van der Waals surface area contributed by atoms with Crippen molar-refractivity contribution >= 4 is 6.09 Å². The lowest BCUT2D eigenvalue weighted by atomic mass is 9.81. The van der Waals surface area contributed by atoms with Gasteiger partial charge in [0.2, 0.25) is 0 Å². The van der Waals surface area contributed by atoms with Crippen LogP contribution in [-0.4, -0.2) is 29.7 Å². The molecule has 0 atom stereocenters. The monoisotopic (exact) mass is 288 g/mol. The van der Waals surface area contributed by atoms with Crippen LogP contribution >= 0.6 is 0 Å². The molecular formula is C17H24N2O2. The lowest BCUT2D eigenvalue weighted by molar-refractivity contribution is -0.00900. The number of hydrogen-bond donors (Lipinski definition) is 1. The van der Waals surface area contributed by atoms with E-state index in [1.807, 2.05) is 31.7 Å². The number of ether oxygens (including phenoxy) is 1. The minimum absolute atomic E-state index is 0.190. The quantitative estimate of drug-likeness (QED) is 0.798. The molecule has 3 rings (SSSR count). The highest BCUT2D eigenvalue weighted by molar-refractivity contribution is 5.71. The van der Waals surface area contributed by atoms with Crippen molar-refractivity contribution in [3.63, 3.8) is 0 Å². The number of nitrogens with zero attached hydrogens (tertiary/aromatic N) is 1. The first kappa shape index (κ1) is 14.4. The van der Waals surface area contributed by atoms with Crippen molar-refractivity contribution in [3.05, 3.63) is 35.4 Å². The fourth-order valence-corrected chi connectivity index (χ4v) is 3.52. The summed E-state index contributed by atoms with van der Waals surface area (Å²) < 4.78 is 5.65. The van der Waals surface area contributed by atoms with Gasteiger partial charge in [-0.15, -0.1) is 0 Å². The molecule has 1 fully saturated rings. The molecular weight excluding hydrogens is 264 g/mol. The number of rotatable bonds is 0. The zero-order chi connectivity index (χ0) is 15.1. The Morgan fingerprint density at radius 3 is 2.57 bits per heavy atom. The molecule has 0 radical (unpaired) electrons. The fraction of sp³-hybridized carbons (Fsp3) is 0.588. The maximum Gasteiger partial charge on any atom is 0.411 e. The second-order valence-corrected chi connectivity index (χ2v) is 7.01. The van der Waals surface area contributed by atoms with E-state index in [9.17, 15) is 4.79 Å². The number of hydrogen-bond acceptors (Lipinski definition) is 3. The fourth-order valence-electron chi connectivity index (χ4n) is 3.52. The molecule has 1 aromatic carbocycles. The van der Waals surface area contributed by atoms with Crippen molar-refractivity contribution in [1.82, 2.24) is 10.2 Å². The summed E-state index contributed by atoms with van der Waals surface area (Å²) in [5, 5.41) is 3.40. The van der Waals surface area contributed by atoms with Crippen LogP contribution in [0.5, 0.6) is 0 Å². The molecule has 1 aromatic rings. The Labute approximate surface area is 126 Å². The van der Waals surface area contributed by atoms with Gasteiger partial charge in [0.15, 0.2) is 0 Å². The summed E-state index contributed by atoms with van der Waals surface area (Å²) in [6.07, 6.45) is 1.70. The Morgan fingerprint density at radius 1 is 1.24 bits per heavy atom. The van der Waals surface area contributed by atoms with E-state index in [1.54, 1.807) is 0 Å². The van der Waals surface area contributed by atoms with Crippen LogP contribution in [-0.2, 0) is 16.8 Å². The van der Waals surface area contributed by atoms with Crippen molar-refractivity contribution in [1.29, 1.82) is 0 Å². The Morgan fingerprint density at radius 2 is 1.90 bits per heavy atom. The zero-order valence-electron chi connectivity index (χ0n) is 13.1. The second kappa shape index (κ2) is 5.02. The molecule has 1 N–H and O–H groups in total. The van der Waals surface area contributed by atoms with Gasteiger partial charge in [-0.1, -0.05) is 24.3 Å². The standard InChI is InChI=1S/C17H24N2O2/c1-16(2,3)21-15(20)19-12-13-6-4-5-7-14(13)17(19)8-10-18-11-9-17/h4-7,18H,8-12H2,1-3H3. The maximum atomic E-state index is 12.7. The second-order valence-electron chi connectivity index (χ2n) is 7.01. The molecule has 4 heteroatoms. The van der Waals surface area contributed by atoms with Crippen LogP contribution < -0.4 is 5.32 Å².